The fourth-order valence-corrected chi connectivity index (χ4v) is 1.57. The highest BCUT2D eigenvalue weighted by atomic mass is 16.5. The summed E-state index contributed by atoms with van der Waals surface area (Å²) in [6.45, 7) is 2.94. The third-order valence-corrected chi connectivity index (χ3v) is 2.59. The number of carbonyl (C=O) groups is 1. The number of aryl methyl sites for hydroxylation is 1. The van der Waals surface area contributed by atoms with Gasteiger partial charge in [-0.15, -0.1) is 0 Å². The van der Waals surface area contributed by atoms with E-state index in [1.54, 1.807) is 20.1 Å². The molecule has 112 valence electrons. The highest BCUT2D eigenvalue weighted by molar-refractivity contribution is 5.93. The van der Waals surface area contributed by atoms with Crippen molar-refractivity contribution in [3.05, 3.63) is 29.8 Å². The van der Waals surface area contributed by atoms with Gasteiger partial charge < -0.3 is 19.9 Å². The van der Waals surface area contributed by atoms with Crippen LogP contribution in [0, 0.1) is 6.92 Å². The van der Waals surface area contributed by atoms with Gasteiger partial charge in [-0.25, -0.2) is 9.97 Å². The lowest BCUT2D eigenvalue weighted by Gasteiger charge is -2.05. The molecule has 8 heteroatoms. The molecule has 2 heterocycles. The predicted octanol–water partition coefficient (Wildman–Crippen LogP) is 1.28. The van der Waals surface area contributed by atoms with Gasteiger partial charge in [0.25, 0.3) is 5.91 Å². The standard InChI is InChI=1S/C13H17N5O3/c1-9-6-11(18-21-9)17-13-15-7-10(8-16-13)12(19)14-4-3-5-20-2/h6-8H,3-5H2,1-2H3,(H,14,19)(H,15,16,17,18). The van der Waals surface area contributed by atoms with E-state index in [2.05, 4.69) is 25.8 Å². The maximum atomic E-state index is 11.8. The highest BCUT2D eigenvalue weighted by Gasteiger charge is 2.07. The average molecular weight is 291 g/mol. The van der Waals surface area contributed by atoms with Crippen LogP contribution in [0.5, 0.6) is 0 Å². The van der Waals surface area contributed by atoms with Crippen LogP contribution < -0.4 is 10.6 Å². The minimum absolute atomic E-state index is 0.213. The average Bonchev–Trinajstić information content (AvgIpc) is 2.89. The zero-order valence-electron chi connectivity index (χ0n) is 11.9. The van der Waals surface area contributed by atoms with E-state index in [4.69, 9.17) is 9.26 Å². The van der Waals surface area contributed by atoms with Gasteiger partial charge in [-0.2, -0.15) is 0 Å². The van der Waals surface area contributed by atoms with Gasteiger partial charge in [-0.3, -0.25) is 4.79 Å². The van der Waals surface area contributed by atoms with Crippen molar-refractivity contribution in [3.63, 3.8) is 0 Å². The molecule has 2 N–H and O–H groups in total. The molecule has 2 rings (SSSR count). The first-order valence-electron chi connectivity index (χ1n) is 6.48. The van der Waals surface area contributed by atoms with Crippen molar-refractivity contribution < 1.29 is 14.1 Å². The third-order valence-electron chi connectivity index (χ3n) is 2.59. The summed E-state index contributed by atoms with van der Waals surface area (Å²) in [7, 11) is 1.62. The molecule has 21 heavy (non-hydrogen) atoms. The van der Waals surface area contributed by atoms with Gasteiger partial charge in [0.15, 0.2) is 5.82 Å². The van der Waals surface area contributed by atoms with E-state index in [1.807, 2.05) is 0 Å². The Balaban J connectivity index is 1.87. The molecule has 8 nitrogen and oxygen atoms in total. The first kappa shape index (κ1) is 14.9. The maximum absolute atomic E-state index is 11.8. The van der Waals surface area contributed by atoms with E-state index >= 15 is 0 Å². The quantitative estimate of drug-likeness (QED) is 0.741. The monoisotopic (exact) mass is 291 g/mol. The van der Waals surface area contributed by atoms with Gasteiger partial charge in [0.05, 0.1) is 5.56 Å². The molecule has 0 saturated carbocycles. The number of aromatic nitrogens is 3. The summed E-state index contributed by atoms with van der Waals surface area (Å²) in [4.78, 5) is 19.9. The molecule has 0 unspecified atom stereocenters. The van der Waals surface area contributed by atoms with Crippen molar-refractivity contribution in [1.82, 2.24) is 20.4 Å². The van der Waals surface area contributed by atoms with Crippen LogP contribution in [0.25, 0.3) is 0 Å². The second-order valence-electron chi connectivity index (χ2n) is 4.35. The molecule has 0 aliphatic heterocycles. The Morgan fingerprint density at radius 3 is 2.76 bits per heavy atom. The van der Waals surface area contributed by atoms with Gasteiger partial charge in [-0.1, -0.05) is 5.16 Å². The predicted molar refractivity (Wildman–Crippen MR) is 75.4 cm³/mol. The van der Waals surface area contributed by atoms with Crippen molar-refractivity contribution in [2.24, 2.45) is 0 Å². The number of ether oxygens (including phenoxy) is 1. The molecule has 0 aliphatic carbocycles. The second kappa shape index (κ2) is 7.34. The number of methoxy groups -OCH3 is 1. The summed E-state index contributed by atoms with van der Waals surface area (Å²) in [6, 6.07) is 1.72. The van der Waals surface area contributed by atoms with Crippen LogP contribution in [0.15, 0.2) is 23.0 Å². The third kappa shape index (κ3) is 4.53. The van der Waals surface area contributed by atoms with Crippen molar-refractivity contribution in [2.75, 3.05) is 25.6 Å². The van der Waals surface area contributed by atoms with Crippen molar-refractivity contribution in [2.45, 2.75) is 13.3 Å². The number of nitrogens with zero attached hydrogens (tertiary/aromatic N) is 3. The van der Waals surface area contributed by atoms with Crippen molar-refractivity contribution >= 4 is 17.7 Å². The molecule has 2 aromatic rings. The van der Waals surface area contributed by atoms with Gasteiger partial charge in [-0.05, 0) is 13.3 Å². The molecule has 2 aromatic heterocycles. The van der Waals surface area contributed by atoms with Crippen LogP contribution >= 0.6 is 0 Å². The molecule has 0 saturated heterocycles. The highest BCUT2D eigenvalue weighted by Crippen LogP contribution is 2.12. The Bertz CT molecular complexity index is 582. The lowest BCUT2D eigenvalue weighted by atomic mass is 10.3. The van der Waals surface area contributed by atoms with Crippen LogP contribution in [0.3, 0.4) is 0 Å². The minimum atomic E-state index is -0.213. The Kier molecular flexibility index (Phi) is 5.22. The second-order valence-corrected chi connectivity index (χ2v) is 4.35. The van der Waals surface area contributed by atoms with Gasteiger partial charge in [0.2, 0.25) is 5.95 Å². The molecule has 0 aromatic carbocycles. The van der Waals surface area contributed by atoms with Gasteiger partial charge in [0.1, 0.15) is 5.76 Å². The maximum Gasteiger partial charge on any atom is 0.254 e. The number of hydrogen-bond donors (Lipinski definition) is 2. The summed E-state index contributed by atoms with van der Waals surface area (Å²) in [5, 5.41) is 9.40. The zero-order valence-corrected chi connectivity index (χ0v) is 11.9. The normalized spacial score (nSPS) is 10.4. The molecule has 0 fully saturated rings. The molecule has 0 atom stereocenters. The Morgan fingerprint density at radius 2 is 2.14 bits per heavy atom. The number of hydrogen-bond acceptors (Lipinski definition) is 7. The van der Waals surface area contributed by atoms with Crippen molar-refractivity contribution in [3.8, 4) is 0 Å². The van der Waals surface area contributed by atoms with Crippen LogP contribution in [0.2, 0.25) is 0 Å². The summed E-state index contributed by atoms with van der Waals surface area (Å²) in [5.74, 6) is 1.34. The Labute approximate surface area is 121 Å². The van der Waals surface area contributed by atoms with Gasteiger partial charge in [0, 0.05) is 38.7 Å². The lowest BCUT2D eigenvalue weighted by molar-refractivity contribution is 0.0948. The first-order valence-corrected chi connectivity index (χ1v) is 6.48. The Hall–Kier alpha value is -2.48. The molecule has 0 aliphatic rings. The number of amides is 1. The molecular formula is C13H17N5O3. The van der Waals surface area contributed by atoms with E-state index in [-0.39, 0.29) is 5.91 Å². The van der Waals surface area contributed by atoms with Crippen LogP contribution in [0.1, 0.15) is 22.5 Å². The van der Waals surface area contributed by atoms with Crippen molar-refractivity contribution in [1.29, 1.82) is 0 Å². The van der Waals surface area contributed by atoms with Crippen LogP contribution in [-0.4, -0.2) is 41.3 Å². The topological polar surface area (TPSA) is 102 Å². The number of carbonyl (C=O) groups excluding carboxylic acids is 1. The molecule has 0 bridgehead atoms. The number of anilines is 2. The molecule has 0 spiro atoms. The SMILES string of the molecule is COCCCNC(=O)c1cnc(Nc2cc(C)on2)nc1. The summed E-state index contributed by atoms with van der Waals surface area (Å²) < 4.78 is 9.83. The van der Waals surface area contributed by atoms with Gasteiger partial charge >= 0.3 is 0 Å². The lowest BCUT2D eigenvalue weighted by Crippen LogP contribution is -2.25. The summed E-state index contributed by atoms with van der Waals surface area (Å²) >= 11 is 0. The van der Waals surface area contributed by atoms with Crippen LogP contribution in [0.4, 0.5) is 11.8 Å². The van der Waals surface area contributed by atoms with E-state index < -0.39 is 0 Å². The molecule has 1 amide bonds. The van der Waals surface area contributed by atoms with Crippen LogP contribution in [-0.2, 0) is 4.74 Å². The largest absolute Gasteiger partial charge is 0.385 e. The number of nitrogens with one attached hydrogen (secondary N) is 2. The minimum Gasteiger partial charge on any atom is -0.385 e. The smallest absolute Gasteiger partial charge is 0.254 e. The van der Waals surface area contributed by atoms with E-state index in [9.17, 15) is 4.79 Å². The molecule has 0 radical (unpaired) electrons. The summed E-state index contributed by atoms with van der Waals surface area (Å²) in [6.07, 6.45) is 3.66. The number of rotatable bonds is 7. The fraction of sp³-hybridized carbons (Fsp3) is 0.385. The van der Waals surface area contributed by atoms with E-state index in [0.717, 1.165) is 6.42 Å². The fourth-order valence-electron chi connectivity index (χ4n) is 1.57. The van der Waals surface area contributed by atoms with E-state index in [0.29, 0.717) is 36.2 Å². The summed E-state index contributed by atoms with van der Waals surface area (Å²) in [5.41, 5.74) is 0.398. The molecular weight excluding hydrogens is 274 g/mol. The first-order chi connectivity index (χ1) is 10.2. The Morgan fingerprint density at radius 1 is 1.38 bits per heavy atom. The zero-order chi connectivity index (χ0) is 15.1. The van der Waals surface area contributed by atoms with E-state index in [1.165, 1.54) is 12.4 Å².